The molecule has 2 aromatic rings. The Morgan fingerprint density at radius 1 is 1.52 bits per heavy atom. The van der Waals surface area contributed by atoms with Crippen molar-refractivity contribution in [2.24, 2.45) is 5.92 Å². The average Bonchev–Trinajstić information content (AvgIpc) is 2.99. The zero-order valence-corrected chi connectivity index (χ0v) is 18.0. The fraction of sp³-hybridized carbons (Fsp3) is 0.632. The first-order valence-electron chi connectivity index (χ1n) is 9.44. The largest absolute Gasteiger partial charge is 0.383 e. The van der Waals surface area contributed by atoms with E-state index in [9.17, 15) is 9.59 Å². The second-order valence-electron chi connectivity index (χ2n) is 7.02. The summed E-state index contributed by atoms with van der Waals surface area (Å²) in [5.74, 6) is 0.581. The molecular formula is C19H27N3O3S2. The molecule has 0 bridgehead atoms. The Balaban J connectivity index is 1.92. The number of thioether (sulfide) groups is 1. The predicted molar refractivity (Wildman–Crippen MR) is 111 cm³/mol. The van der Waals surface area contributed by atoms with Gasteiger partial charge in [0.05, 0.1) is 17.2 Å². The highest BCUT2D eigenvalue weighted by Gasteiger charge is 2.25. The predicted octanol–water partition coefficient (Wildman–Crippen LogP) is 2.85. The summed E-state index contributed by atoms with van der Waals surface area (Å²) in [5, 5.41) is 3.92. The molecule has 2 atom stereocenters. The first-order valence-corrected chi connectivity index (χ1v) is 11.1. The van der Waals surface area contributed by atoms with Gasteiger partial charge in [-0.1, -0.05) is 18.7 Å². The maximum atomic E-state index is 13.2. The summed E-state index contributed by atoms with van der Waals surface area (Å²) in [6.45, 7) is 7.54. The molecule has 27 heavy (non-hydrogen) atoms. The Kier molecular flexibility index (Phi) is 6.60. The number of hydrogen-bond acceptors (Lipinski definition) is 6. The molecule has 1 aliphatic carbocycles. The van der Waals surface area contributed by atoms with Crippen LogP contribution in [0.3, 0.4) is 0 Å². The van der Waals surface area contributed by atoms with Gasteiger partial charge in [-0.15, -0.1) is 11.3 Å². The average molecular weight is 410 g/mol. The van der Waals surface area contributed by atoms with E-state index in [1.165, 1.54) is 22.2 Å². The summed E-state index contributed by atoms with van der Waals surface area (Å²) in [7, 11) is 1.60. The maximum Gasteiger partial charge on any atom is 0.263 e. The molecule has 1 amide bonds. The standard InChI is InChI=1S/C19H27N3O3S2/c1-5-22-18(24)15-13-7-6-11(2)10-14(13)27-17(15)21-19(22)26-12(3)16(23)20-8-9-25-4/h11-12H,5-10H2,1-4H3,(H,20,23)/t11-,12-/m1/s1. The number of carbonyl (C=O) groups is 1. The minimum Gasteiger partial charge on any atom is -0.383 e. The molecule has 148 valence electrons. The highest BCUT2D eigenvalue weighted by atomic mass is 32.2. The number of amides is 1. The lowest BCUT2D eigenvalue weighted by Crippen LogP contribution is -2.34. The fourth-order valence-electron chi connectivity index (χ4n) is 3.41. The second-order valence-corrected chi connectivity index (χ2v) is 9.41. The Hall–Kier alpha value is -1.38. The van der Waals surface area contributed by atoms with Crippen molar-refractivity contribution in [3.8, 4) is 0 Å². The smallest absolute Gasteiger partial charge is 0.263 e. The summed E-state index contributed by atoms with van der Waals surface area (Å²) >= 11 is 2.99. The minimum absolute atomic E-state index is 0.0315. The molecule has 0 saturated carbocycles. The normalized spacial score (nSPS) is 17.7. The summed E-state index contributed by atoms with van der Waals surface area (Å²) in [4.78, 5) is 32.3. The lowest BCUT2D eigenvalue weighted by Gasteiger charge is -2.18. The minimum atomic E-state index is -0.335. The molecule has 0 unspecified atom stereocenters. The van der Waals surface area contributed by atoms with Gasteiger partial charge in [-0.2, -0.15) is 0 Å². The van der Waals surface area contributed by atoms with Crippen LogP contribution in [0.5, 0.6) is 0 Å². The Labute approximate surface area is 167 Å². The van der Waals surface area contributed by atoms with Crippen LogP contribution in [0.15, 0.2) is 9.95 Å². The summed E-state index contributed by atoms with van der Waals surface area (Å²) in [6, 6.07) is 0. The SMILES string of the molecule is CCn1c(S[C@H](C)C(=O)NCCOC)nc2sc3c(c2c1=O)CC[C@@H](C)C3. The molecule has 2 aromatic heterocycles. The van der Waals surface area contributed by atoms with Crippen molar-refractivity contribution in [1.29, 1.82) is 0 Å². The molecule has 1 N–H and O–H groups in total. The molecule has 0 fully saturated rings. The molecule has 0 aromatic carbocycles. The molecule has 3 rings (SSSR count). The van der Waals surface area contributed by atoms with Crippen LogP contribution < -0.4 is 10.9 Å². The molecule has 0 spiro atoms. The van der Waals surface area contributed by atoms with Crippen LogP contribution in [0.25, 0.3) is 10.2 Å². The van der Waals surface area contributed by atoms with E-state index in [0.717, 1.165) is 29.5 Å². The van der Waals surface area contributed by atoms with E-state index < -0.39 is 0 Å². The Morgan fingerprint density at radius 3 is 3.00 bits per heavy atom. The van der Waals surface area contributed by atoms with Gasteiger partial charge < -0.3 is 10.1 Å². The van der Waals surface area contributed by atoms with Crippen molar-refractivity contribution >= 4 is 39.2 Å². The summed E-state index contributed by atoms with van der Waals surface area (Å²) < 4.78 is 6.67. The van der Waals surface area contributed by atoms with E-state index in [2.05, 4.69) is 12.2 Å². The zero-order valence-electron chi connectivity index (χ0n) is 16.3. The molecule has 0 radical (unpaired) electrons. The number of methoxy groups -OCH3 is 1. The fourth-order valence-corrected chi connectivity index (χ4v) is 5.83. The van der Waals surface area contributed by atoms with Gasteiger partial charge in [-0.05, 0) is 44.6 Å². The molecule has 1 aliphatic rings. The summed E-state index contributed by atoms with van der Waals surface area (Å²) in [6.07, 6.45) is 3.12. The van der Waals surface area contributed by atoms with Gasteiger partial charge in [0.2, 0.25) is 5.91 Å². The van der Waals surface area contributed by atoms with Gasteiger partial charge in [-0.3, -0.25) is 14.2 Å². The lowest BCUT2D eigenvalue weighted by molar-refractivity contribution is -0.120. The summed E-state index contributed by atoms with van der Waals surface area (Å²) in [5.41, 5.74) is 1.23. The monoisotopic (exact) mass is 409 g/mol. The van der Waals surface area contributed by atoms with Gasteiger partial charge in [0, 0.05) is 25.1 Å². The third-order valence-corrected chi connectivity index (χ3v) is 7.19. The van der Waals surface area contributed by atoms with Crippen LogP contribution in [0.1, 0.15) is 37.6 Å². The van der Waals surface area contributed by atoms with Gasteiger partial charge in [0.15, 0.2) is 5.16 Å². The maximum absolute atomic E-state index is 13.2. The number of nitrogens with one attached hydrogen (secondary N) is 1. The van der Waals surface area contributed by atoms with Gasteiger partial charge in [0.25, 0.3) is 5.56 Å². The molecule has 2 heterocycles. The second kappa shape index (κ2) is 8.75. The number of aromatic nitrogens is 2. The number of nitrogens with zero attached hydrogens (tertiary/aromatic N) is 2. The van der Waals surface area contributed by atoms with E-state index in [4.69, 9.17) is 9.72 Å². The molecule has 0 aliphatic heterocycles. The van der Waals surface area contributed by atoms with Crippen LogP contribution in [0.4, 0.5) is 0 Å². The highest BCUT2D eigenvalue weighted by molar-refractivity contribution is 8.00. The first-order chi connectivity index (χ1) is 13.0. The van der Waals surface area contributed by atoms with Crippen molar-refractivity contribution < 1.29 is 9.53 Å². The van der Waals surface area contributed by atoms with Crippen molar-refractivity contribution in [2.75, 3.05) is 20.3 Å². The van der Waals surface area contributed by atoms with Crippen LogP contribution in [0.2, 0.25) is 0 Å². The van der Waals surface area contributed by atoms with Gasteiger partial charge in [0.1, 0.15) is 4.83 Å². The quantitative estimate of drug-likeness (QED) is 0.432. The van der Waals surface area contributed by atoms with E-state index in [1.807, 2.05) is 13.8 Å². The zero-order chi connectivity index (χ0) is 19.6. The van der Waals surface area contributed by atoms with Crippen LogP contribution in [0, 0.1) is 5.92 Å². The molecular weight excluding hydrogens is 382 g/mol. The number of fused-ring (bicyclic) bond motifs is 3. The first kappa shape index (κ1) is 20.4. The number of thiophene rings is 1. The van der Waals surface area contributed by atoms with Crippen molar-refractivity contribution in [1.82, 2.24) is 14.9 Å². The third kappa shape index (κ3) is 4.22. The van der Waals surface area contributed by atoms with E-state index >= 15 is 0 Å². The Morgan fingerprint density at radius 2 is 2.30 bits per heavy atom. The molecule has 6 nitrogen and oxygen atoms in total. The molecule has 8 heteroatoms. The lowest BCUT2D eigenvalue weighted by atomic mass is 9.89. The number of ether oxygens (including phenoxy) is 1. The number of rotatable bonds is 7. The topological polar surface area (TPSA) is 73.2 Å². The Bertz CT molecular complexity index is 890. The van der Waals surface area contributed by atoms with Crippen molar-refractivity contribution in [3.63, 3.8) is 0 Å². The van der Waals surface area contributed by atoms with Crippen molar-refractivity contribution in [2.45, 2.75) is 57.0 Å². The van der Waals surface area contributed by atoms with E-state index in [0.29, 0.717) is 30.8 Å². The number of aryl methyl sites for hydroxylation is 1. The number of hydrogen-bond donors (Lipinski definition) is 1. The highest BCUT2D eigenvalue weighted by Crippen LogP contribution is 2.36. The third-order valence-electron chi connectivity index (χ3n) is 4.95. The van der Waals surface area contributed by atoms with Gasteiger partial charge >= 0.3 is 0 Å². The number of carbonyl (C=O) groups excluding carboxylic acids is 1. The van der Waals surface area contributed by atoms with Crippen LogP contribution in [-0.2, 0) is 28.9 Å². The van der Waals surface area contributed by atoms with E-state index in [-0.39, 0.29) is 16.7 Å². The van der Waals surface area contributed by atoms with Gasteiger partial charge in [-0.25, -0.2) is 4.98 Å². The van der Waals surface area contributed by atoms with Crippen molar-refractivity contribution in [3.05, 3.63) is 20.8 Å². The molecule has 0 saturated heterocycles. The van der Waals surface area contributed by atoms with Crippen LogP contribution in [-0.4, -0.2) is 41.0 Å². The van der Waals surface area contributed by atoms with E-state index in [1.54, 1.807) is 23.0 Å². The van der Waals surface area contributed by atoms with Crippen LogP contribution >= 0.6 is 23.1 Å².